The highest BCUT2D eigenvalue weighted by Gasteiger charge is 1.88. The molecule has 0 amide bonds. The lowest BCUT2D eigenvalue weighted by atomic mass is 10.6. The predicted molar refractivity (Wildman–Crippen MR) is 92.7 cm³/mol. The van der Waals surface area contributed by atoms with Gasteiger partial charge in [-0.3, -0.25) is 4.79 Å². The van der Waals surface area contributed by atoms with Gasteiger partial charge in [0, 0.05) is 21.1 Å². The van der Waals surface area contributed by atoms with Crippen LogP contribution in [0.25, 0.3) is 0 Å². The van der Waals surface area contributed by atoms with E-state index in [2.05, 4.69) is 18.9 Å². The zero-order valence-corrected chi connectivity index (χ0v) is 15.8. The summed E-state index contributed by atoms with van der Waals surface area (Å²) in [6.07, 6.45) is -0.657. The van der Waals surface area contributed by atoms with Crippen LogP contribution in [-0.2, 0) is 28.5 Å². The van der Waals surface area contributed by atoms with E-state index in [1.54, 1.807) is 14.2 Å². The highest BCUT2D eigenvalue weighted by Crippen LogP contribution is 1.72. The molecule has 0 atom stereocenters. The molecule has 0 saturated heterocycles. The van der Waals surface area contributed by atoms with Crippen molar-refractivity contribution in [2.45, 2.75) is 28.2 Å². The van der Waals surface area contributed by atoms with Gasteiger partial charge in [0.05, 0.1) is 21.3 Å². The number of esters is 1. The minimum atomic E-state index is -0.657. The molecule has 0 N–H and O–H groups in total. The first-order chi connectivity index (χ1) is 9.96. The van der Waals surface area contributed by atoms with Gasteiger partial charge in [-0.05, 0) is 35.0 Å². The molecule has 0 aliphatic heterocycles. The Morgan fingerprint density at radius 1 is 0.696 bits per heavy atom. The Labute approximate surface area is 142 Å². The molecule has 0 aliphatic rings. The molecule has 0 aromatic carbocycles. The van der Waals surface area contributed by atoms with E-state index < -0.39 is 6.16 Å². The van der Waals surface area contributed by atoms with Crippen molar-refractivity contribution >= 4 is 17.9 Å². The van der Waals surface area contributed by atoms with Crippen molar-refractivity contribution in [2.75, 3.05) is 56.7 Å². The molecule has 8 heteroatoms. The second-order valence-electron chi connectivity index (χ2n) is 4.01. The van der Waals surface area contributed by atoms with Crippen LogP contribution >= 0.6 is 0 Å². The first-order valence-corrected chi connectivity index (χ1v) is 6.11. The van der Waals surface area contributed by atoms with E-state index in [1.807, 2.05) is 26.0 Å². The van der Waals surface area contributed by atoms with Crippen LogP contribution < -0.4 is 0 Å². The second kappa shape index (κ2) is 37.0. The van der Waals surface area contributed by atoms with Crippen molar-refractivity contribution in [3.8, 4) is 0 Å². The van der Waals surface area contributed by atoms with Crippen LogP contribution in [0, 0.1) is 0 Å². The number of nitrogens with zero attached hydrogens (tertiary/aromatic N) is 1. The maximum absolute atomic E-state index is 9.74. The predicted octanol–water partition coefficient (Wildman–Crippen LogP) is 2.25. The fourth-order valence-corrected chi connectivity index (χ4v) is 0.0833. The van der Waals surface area contributed by atoms with Crippen LogP contribution in [-0.4, -0.2) is 79.5 Å². The van der Waals surface area contributed by atoms with Gasteiger partial charge in [0.25, 0.3) is 0 Å². The summed E-state index contributed by atoms with van der Waals surface area (Å²) in [6, 6.07) is 0. The van der Waals surface area contributed by atoms with Gasteiger partial charge in [-0.1, -0.05) is 7.43 Å². The normalized spacial score (nSPS) is 6.78. The number of carbonyl (C=O) groups excluding carboxylic acids is 3. The third-order valence-electron chi connectivity index (χ3n) is 0.621. The monoisotopic (exact) mass is 343 g/mol. The summed E-state index contributed by atoms with van der Waals surface area (Å²) < 4.78 is 16.4. The van der Waals surface area contributed by atoms with E-state index in [0.717, 1.165) is 0 Å². The average molecular weight is 343 g/mol. The lowest BCUT2D eigenvalue weighted by Gasteiger charge is -1.90. The highest BCUT2D eigenvalue weighted by molar-refractivity contribution is 5.72. The van der Waals surface area contributed by atoms with Gasteiger partial charge >= 0.3 is 12.1 Å². The van der Waals surface area contributed by atoms with Crippen LogP contribution in [0.1, 0.15) is 28.2 Å². The number of methoxy groups -OCH3 is 4. The Morgan fingerprint density at radius 3 is 0.826 bits per heavy atom. The maximum Gasteiger partial charge on any atom is 0.507 e. The Balaban J connectivity index is -0.0000000396. The lowest BCUT2D eigenvalue weighted by molar-refractivity contribution is -0.137. The average Bonchev–Trinajstić information content (AvgIpc) is 2.38. The van der Waals surface area contributed by atoms with Gasteiger partial charge in [-0.25, -0.2) is 4.79 Å². The summed E-state index contributed by atoms with van der Waals surface area (Å²) in [5.74, 6) is -0.0787. The molecule has 8 nitrogen and oxygen atoms in total. The number of hydrogen-bond donors (Lipinski definition) is 0. The second-order valence-corrected chi connectivity index (χ2v) is 4.01. The fraction of sp³-hybridized carbons (Fsp3) is 0.800. The largest absolute Gasteiger partial charge is 0.507 e. The van der Waals surface area contributed by atoms with Gasteiger partial charge < -0.3 is 28.6 Å². The van der Waals surface area contributed by atoms with Gasteiger partial charge in [-0.15, -0.1) is 0 Å². The Kier molecular flexibility index (Phi) is 60.3. The first-order valence-electron chi connectivity index (χ1n) is 6.11. The van der Waals surface area contributed by atoms with E-state index in [0.29, 0.717) is 0 Å². The van der Waals surface area contributed by atoms with Crippen LogP contribution in [0.5, 0.6) is 0 Å². The van der Waals surface area contributed by atoms with Crippen molar-refractivity contribution in [1.82, 2.24) is 4.90 Å². The summed E-state index contributed by atoms with van der Waals surface area (Å²) in [5.41, 5.74) is 0. The molecule has 0 fully saturated rings. The summed E-state index contributed by atoms with van der Waals surface area (Å²) in [7, 11) is 13.1. The van der Waals surface area contributed by atoms with E-state index in [4.69, 9.17) is 0 Å². The molecular weight excluding hydrogens is 306 g/mol. The number of ether oxygens (including phenoxy) is 4. The van der Waals surface area contributed by atoms with Crippen LogP contribution in [0.3, 0.4) is 0 Å². The van der Waals surface area contributed by atoms with Gasteiger partial charge in [0.1, 0.15) is 5.78 Å². The molecule has 23 heavy (non-hydrogen) atoms. The van der Waals surface area contributed by atoms with Crippen molar-refractivity contribution < 1.29 is 33.3 Å². The number of hydrogen-bond acceptors (Lipinski definition) is 8. The molecule has 0 unspecified atom stereocenters. The SMILES string of the molecule is C.CC(C)=O.CN(C)C.COC.COC(=O)OC.COC(C)=O. The summed E-state index contributed by atoms with van der Waals surface area (Å²) in [6.45, 7) is 4.42. The number of ketones is 1. The number of rotatable bonds is 0. The molecule has 0 aliphatic carbocycles. The van der Waals surface area contributed by atoms with Crippen LogP contribution in [0.2, 0.25) is 0 Å². The number of carbonyl (C=O) groups is 3. The molecule has 0 saturated carbocycles. The lowest BCUT2D eigenvalue weighted by Crippen LogP contribution is -1.99. The molecule has 0 rings (SSSR count). The molecule has 0 bridgehead atoms. The van der Waals surface area contributed by atoms with Crippen LogP contribution in [0.4, 0.5) is 4.79 Å². The van der Waals surface area contributed by atoms with E-state index in [-0.39, 0.29) is 19.2 Å². The Bertz CT molecular complexity index is 231. The van der Waals surface area contributed by atoms with Gasteiger partial charge in [0.2, 0.25) is 0 Å². The van der Waals surface area contributed by atoms with E-state index in [9.17, 15) is 14.4 Å². The summed E-state index contributed by atoms with van der Waals surface area (Å²) >= 11 is 0. The third-order valence-corrected chi connectivity index (χ3v) is 0.621. The highest BCUT2D eigenvalue weighted by atomic mass is 16.7. The summed E-state index contributed by atoms with van der Waals surface area (Å²) in [4.78, 5) is 30.8. The minimum absolute atomic E-state index is 0. The van der Waals surface area contributed by atoms with Crippen molar-refractivity contribution in [2.24, 2.45) is 0 Å². The standard InChI is InChI=1S/C3H9N.C3H6O3.C3H6O2.C3H6O.C2H6O.CH4/c1-4(2)3;1-5-3(4)6-2;1-3(4)5-2;1-3(2)4;1-3-2;/h1-3H3;1-2H3;1-2H3;1-2H3;1-2H3;1H4. The van der Waals surface area contributed by atoms with E-state index >= 15 is 0 Å². The van der Waals surface area contributed by atoms with Gasteiger partial charge in [0.15, 0.2) is 0 Å². The van der Waals surface area contributed by atoms with E-state index in [1.165, 1.54) is 42.1 Å². The minimum Gasteiger partial charge on any atom is -0.469 e. The molecular formula is C15H37NO7. The molecule has 0 spiro atoms. The molecule has 0 radical (unpaired) electrons. The van der Waals surface area contributed by atoms with Crippen molar-refractivity contribution in [3.63, 3.8) is 0 Å². The number of Topliss-reactive ketones (excluding diaryl/α,β-unsaturated/α-hetero) is 1. The van der Waals surface area contributed by atoms with Crippen molar-refractivity contribution in [1.29, 1.82) is 0 Å². The molecule has 0 aromatic rings. The first kappa shape index (κ1) is 37.5. The third kappa shape index (κ3) is 364. The molecule has 144 valence electrons. The van der Waals surface area contributed by atoms with Gasteiger partial charge in [-0.2, -0.15) is 0 Å². The zero-order chi connectivity index (χ0) is 19.1. The van der Waals surface area contributed by atoms with Crippen LogP contribution in [0.15, 0.2) is 0 Å². The van der Waals surface area contributed by atoms with Crippen molar-refractivity contribution in [3.05, 3.63) is 0 Å². The topological polar surface area (TPSA) is 91.4 Å². The Hall–Kier alpha value is -1.67. The zero-order valence-electron chi connectivity index (χ0n) is 15.8. The quantitative estimate of drug-likeness (QED) is 0.619. The fourth-order valence-electron chi connectivity index (χ4n) is 0.0833. The molecule has 0 heterocycles. The Morgan fingerprint density at radius 2 is 0.826 bits per heavy atom. The smallest absolute Gasteiger partial charge is 0.469 e. The maximum atomic E-state index is 9.74. The molecule has 0 aromatic heterocycles. The summed E-state index contributed by atoms with van der Waals surface area (Å²) in [5, 5.41) is 0.